The van der Waals surface area contributed by atoms with Gasteiger partial charge in [0, 0.05) is 11.7 Å². The SMILES string of the molecule is CS/C(=N\C[Si](C)(C)C)c1ccc(-n2cncn2)c(C#N)c1. The molecule has 2 aromatic rings. The van der Waals surface area contributed by atoms with E-state index < -0.39 is 8.07 Å². The highest BCUT2D eigenvalue weighted by atomic mass is 32.2. The molecule has 0 amide bonds. The van der Waals surface area contributed by atoms with Gasteiger partial charge in [0.05, 0.1) is 24.4 Å². The monoisotopic (exact) mass is 329 g/mol. The average Bonchev–Trinajstić information content (AvgIpc) is 3.00. The number of aromatic nitrogens is 3. The van der Waals surface area contributed by atoms with Gasteiger partial charge in [-0.05, 0) is 18.4 Å². The molecule has 114 valence electrons. The number of thioether (sulfide) groups is 1. The zero-order valence-corrected chi connectivity index (χ0v) is 15.1. The number of nitrogens with zero attached hydrogens (tertiary/aromatic N) is 5. The maximum Gasteiger partial charge on any atom is 0.138 e. The second-order valence-electron chi connectivity index (χ2n) is 6.07. The third-order valence-electron chi connectivity index (χ3n) is 2.92. The van der Waals surface area contributed by atoms with Crippen LogP contribution in [0.15, 0.2) is 35.8 Å². The van der Waals surface area contributed by atoms with Gasteiger partial charge >= 0.3 is 0 Å². The van der Waals surface area contributed by atoms with E-state index in [0.717, 1.165) is 22.5 Å². The zero-order valence-electron chi connectivity index (χ0n) is 13.2. The Morgan fingerprint density at radius 2 is 2.18 bits per heavy atom. The Morgan fingerprint density at radius 3 is 2.73 bits per heavy atom. The van der Waals surface area contributed by atoms with E-state index >= 15 is 0 Å². The molecule has 0 aliphatic heterocycles. The molecule has 0 spiro atoms. The highest BCUT2D eigenvalue weighted by molar-refractivity contribution is 8.13. The van der Waals surface area contributed by atoms with E-state index in [4.69, 9.17) is 4.99 Å². The Morgan fingerprint density at radius 1 is 1.41 bits per heavy atom. The summed E-state index contributed by atoms with van der Waals surface area (Å²) >= 11 is 1.61. The number of hydrogen-bond donors (Lipinski definition) is 0. The average molecular weight is 330 g/mol. The van der Waals surface area contributed by atoms with Crippen LogP contribution >= 0.6 is 11.8 Å². The van der Waals surface area contributed by atoms with Crippen LogP contribution in [0, 0.1) is 11.3 Å². The van der Waals surface area contributed by atoms with Gasteiger partial charge in [-0.1, -0.05) is 25.7 Å². The molecule has 2 rings (SSSR count). The predicted molar refractivity (Wildman–Crippen MR) is 94.3 cm³/mol. The Kier molecular flexibility index (Phi) is 5.16. The van der Waals surface area contributed by atoms with Crippen molar-refractivity contribution in [1.82, 2.24) is 14.8 Å². The molecule has 0 aliphatic rings. The second-order valence-corrected chi connectivity index (χ2v) is 12.3. The van der Waals surface area contributed by atoms with Crippen molar-refractivity contribution in [2.75, 3.05) is 12.4 Å². The van der Waals surface area contributed by atoms with Crippen molar-refractivity contribution >= 4 is 24.9 Å². The van der Waals surface area contributed by atoms with Crippen LogP contribution in [-0.4, -0.2) is 40.3 Å². The molecule has 1 heterocycles. The van der Waals surface area contributed by atoms with E-state index in [9.17, 15) is 5.26 Å². The lowest BCUT2D eigenvalue weighted by molar-refractivity contribution is 0.876. The lowest BCUT2D eigenvalue weighted by Gasteiger charge is -2.14. The molecule has 0 aliphatic carbocycles. The molecule has 0 unspecified atom stereocenters. The Bertz CT molecular complexity index is 711. The number of rotatable bonds is 4. The number of nitriles is 1. The molecule has 22 heavy (non-hydrogen) atoms. The first kappa shape index (κ1) is 16.5. The van der Waals surface area contributed by atoms with Crippen molar-refractivity contribution in [2.45, 2.75) is 19.6 Å². The lowest BCUT2D eigenvalue weighted by Crippen LogP contribution is -2.25. The summed E-state index contributed by atoms with van der Waals surface area (Å²) in [5.41, 5.74) is 2.28. The van der Waals surface area contributed by atoms with E-state index in [2.05, 4.69) is 35.8 Å². The largest absolute Gasteiger partial charge is 0.281 e. The van der Waals surface area contributed by atoms with Gasteiger partial charge in [0.2, 0.25) is 0 Å². The molecular weight excluding hydrogens is 310 g/mol. The first-order chi connectivity index (χ1) is 10.4. The number of hydrogen-bond acceptors (Lipinski definition) is 5. The molecule has 0 atom stereocenters. The highest BCUT2D eigenvalue weighted by Crippen LogP contribution is 2.19. The molecule has 0 saturated heterocycles. The Hall–Kier alpha value is -1.91. The fourth-order valence-corrected chi connectivity index (χ4v) is 3.18. The summed E-state index contributed by atoms with van der Waals surface area (Å²) in [6, 6.07) is 7.98. The summed E-state index contributed by atoms with van der Waals surface area (Å²) in [5.74, 6) is 0. The van der Waals surface area contributed by atoms with E-state index in [1.807, 2.05) is 24.5 Å². The van der Waals surface area contributed by atoms with Gasteiger partial charge in [-0.3, -0.25) is 4.99 Å². The maximum atomic E-state index is 9.40. The van der Waals surface area contributed by atoms with Crippen LogP contribution < -0.4 is 0 Å². The molecule has 0 fully saturated rings. The first-order valence-corrected chi connectivity index (χ1v) is 11.9. The minimum absolute atomic E-state index is 0.567. The third kappa shape index (κ3) is 4.05. The van der Waals surface area contributed by atoms with Gasteiger partial charge in [0.15, 0.2) is 0 Å². The number of aliphatic imine (C=N–C) groups is 1. The fourth-order valence-electron chi connectivity index (χ4n) is 1.87. The predicted octanol–water partition coefficient (Wildman–Crippen LogP) is 3.13. The van der Waals surface area contributed by atoms with Crippen LogP contribution in [0.2, 0.25) is 19.6 Å². The smallest absolute Gasteiger partial charge is 0.138 e. The van der Waals surface area contributed by atoms with Gasteiger partial charge in [-0.15, -0.1) is 11.8 Å². The van der Waals surface area contributed by atoms with Gasteiger partial charge in [-0.25, -0.2) is 9.67 Å². The quantitative estimate of drug-likeness (QED) is 0.491. The second kappa shape index (κ2) is 6.90. The maximum absolute atomic E-state index is 9.40. The molecule has 0 radical (unpaired) electrons. The molecule has 5 nitrogen and oxygen atoms in total. The zero-order chi connectivity index (χ0) is 16.2. The van der Waals surface area contributed by atoms with Crippen LogP contribution in [0.25, 0.3) is 5.69 Å². The molecule has 7 heteroatoms. The Labute approximate surface area is 136 Å². The first-order valence-electron chi connectivity index (χ1n) is 6.92. The highest BCUT2D eigenvalue weighted by Gasteiger charge is 2.14. The van der Waals surface area contributed by atoms with Crippen molar-refractivity contribution in [3.8, 4) is 11.8 Å². The van der Waals surface area contributed by atoms with Gasteiger partial charge in [-0.2, -0.15) is 10.4 Å². The van der Waals surface area contributed by atoms with Crippen LogP contribution in [0.3, 0.4) is 0 Å². The molecule has 0 N–H and O–H groups in total. The van der Waals surface area contributed by atoms with Gasteiger partial charge in [0.1, 0.15) is 18.7 Å². The van der Waals surface area contributed by atoms with Crippen molar-refractivity contribution in [3.05, 3.63) is 42.0 Å². The van der Waals surface area contributed by atoms with Crippen molar-refractivity contribution < 1.29 is 0 Å². The third-order valence-corrected chi connectivity index (χ3v) is 4.78. The summed E-state index contributed by atoms with van der Waals surface area (Å²) in [4.78, 5) is 8.67. The van der Waals surface area contributed by atoms with Crippen molar-refractivity contribution in [1.29, 1.82) is 5.26 Å². The van der Waals surface area contributed by atoms with Crippen LogP contribution in [-0.2, 0) is 0 Å². The van der Waals surface area contributed by atoms with Gasteiger partial charge < -0.3 is 0 Å². The summed E-state index contributed by atoms with van der Waals surface area (Å²) < 4.78 is 1.60. The van der Waals surface area contributed by atoms with E-state index in [-0.39, 0.29) is 0 Å². The minimum atomic E-state index is -1.23. The lowest BCUT2D eigenvalue weighted by atomic mass is 10.1. The van der Waals surface area contributed by atoms with E-state index in [0.29, 0.717) is 5.56 Å². The fraction of sp³-hybridized carbons (Fsp3) is 0.333. The van der Waals surface area contributed by atoms with Gasteiger partial charge in [0.25, 0.3) is 0 Å². The Balaban J connectivity index is 2.39. The standard InChI is InChI=1S/C15H19N5SSi/c1-21-15(18-11-22(2,3)4)12-5-6-14(13(7-12)8-16)20-10-17-9-19-20/h5-7,9-10H,11H2,1-4H3/b18-15-. The summed E-state index contributed by atoms with van der Waals surface area (Å²) in [6.07, 6.45) is 5.94. The summed E-state index contributed by atoms with van der Waals surface area (Å²) in [7, 11) is -1.23. The molecule has 0 bridgehead atoms. The molecule has 1 aromatic carbocycles. The van der Waals surface area contributed by atoms with Crippen molar-refractivity contribution in [3.63, 3.8) is 0 Å². The van der Waals surface area contributed by atoms with Crippen LogP contribution in [0.5, 0.6) is 0 Å². The number of benzene rings is 1. The van der Waals surface area contributed by atoms with E-state index in [1.54, 1.807) is 22.8 Å². The topological polar surface area (TPSA) is 66.9 Å². The van der Waals surface area contributed by atoms with E-state index in [1.165, 1.54) is 6.33 Å². The summed E-state index contributed by atoms with van der Waals surface area (Å²) in [5, 5.41) is 14.5. The van der Waals surface area contributed by atoms with Crippen LogP contribution in [0.4, 0.5) is 0 Å². The normalized spacial score (nSPS) is 12.2. The molecule has 0 saturated carbocycles. The molecular formula is C15H19N5SSi. The summed E-state index contributed by atoms with van der Waals surface area (Å²) in [6.45, 7) is 6.88. The minimum Gasteiger partial charge on any atom is -0.281 e. The van der Waals surface area contributed by atoms with Crippen LogP contribution in [0.1, 0.15) is 11.1 Å². The molecule has 1 aromatic heterocycles. The van der Waals surface area contributed by atoms with Crippen molar-refractivity contribution in [2.24, 2.45) is 4.99 Å².